The molecule has 0 aromatic carbocycles. The molecule has 3 rings (SSSR count). The van der Waals surface area contributed by atoms with Crippen molar-refractivity contribution in [1.29, 1.82) is 5.26 Å². The normalized spacial score (nSPS) is 18.2. The fourth-order valence-corrected chi connectivity index (χ4v) is 4.07. The summed E-state index contributed by atoms with van der Waals surface area (Å²) in [6.07, 6.45) is 6.24. The molecular formula is C15H20N4S. The van der Waals surface area contributed by atoms with Gasteiger partial charge < -0.3 is 0 Å². The number of hydrogen-bond donors (Lipinski definition) is 1. The average Bonchev–Trinajstić information content (AvgIpc) is 2.97. The number of hydrogen-bond acceptors (Lipinski definition) is 4. The van der Waals surface area contributed by atoms with Crippen molar-refractivity contribution in [2.24, 2.45) is 0 Å². The molecule has 20 heavy (non-hydrogen) atoms. The van der Waals surface area contributed by atoms with Gasteiger partial charge in [-0.15, -0.1) is 11.3 Å². The predicted molar refractivity (Wildman–Crippen MR) is 80.9 cm³/mol. The molecule has 1 unspecified atom stereocenters. The number of thiazole rings is 1. The summed E-state index contributed by atoms with van der Waals surface area (Å²) in [5.41, 5.74) is 3.15. The maximum absolute atomic E-state index is 9.59. The lowest BCUT2D eigenvalue weighted by Gasteiger charge is -2.25. The Morgan fingerprint density at radius 2 is 2.15 bits per heavy atom. The van der Waals surface area contributed by atoms with E-state index < -0.39 is 0 Å². The summed E-state index contributed by atoms with van der Waals surface area (Å²) in [6, 6.07) is 2.64. The average molecular weight is 288 g/mol. The van der Waals surface area contributed by atoms with Crippen LogP contribution in [-0.2, 0) is 0 Å². The number of imidazole rings is 1. The molecule has 0 amide bonds. The molecule has 0 spiro atoms. The van der Waals surface area contributed by atoms with Crippen molar-refractivity contribution >= 4 is 16.3 Å². The molecule has 5 heteroatoms. The molecule has 0 saturated heterocycles. The van der Waals surface area contributed by atoms with Crippen molar-refractivity contribution in [3.05, 3.63) is 22.5 Å². The van der Waals surface area contributed by atoms with Crippen LogP contribution < -0.4 is 5.32 Å². The fraction of sp³-hybridized carbons (Fsp3) is 0.600. The Balaban J connectivity index is 1.92. The van der Waals surface area contributed by atoms with Gasteiger partial charge >= 0.3 is 0 Å². The van der Waals surface area contributed by atoms with E-state index in [1.807, 2.05) is 6.92 Å². The first-order valence-electron chi connectivity index (χ1n) is 7.29. The summed E-state index contributed by atoms with van der Waals surface area (Å²) in [5, 5.41) is 15.2. The van der Waals surface area contributed by atoms with Gasteiger partial charge in [0.15, 0.2) is 4.96 Å². The Labute approximate surface area is 123 Å². The van der Waals surface area contributed by atoms with Crippen LogP contribution in [0.5, 0.6) is 0 Å². The first kappa shape index (κ1) is 13.6. The van der Waals surface area contributed by atoms with Gasteiger partial charge in [-0.3, -0.25) is 9.72 Å². The van der Waals surface area contributed by atoms with E-state index in [1.165, 1.54) is 32.1 Å². The van der Waals surface area contributed by atoms with Crippen molar-refractivity contribution in [3.8, 4) is 6.07 Å². The van der Waals surface area contributed by atoms with E-state index in [9.17, 15) is 5.26 Å². The molecule has 1 aliphatic rings. The Kier molecular flexibility index (Phi) is 3.77. The standard InChI is InChI=1S/C15H20N4S/c1-10-9-20-15-17-11(2)14(19(10)15)13(8-16)18-12-6-4-3-5-7-12/h9,12-13,18H,3-7H2,1-2H3. The third kappa shape index (κ3) is 2.34. The van der Waals surface area contributed by atoms with E-state index in [4.69, 9.17) is 0 Å². The van der Waals surface area contributed by atoms with Gasteiger partial charge in [0, 0.05) is 17.1 Å². The largest absolute Gasteiger partial charge is 0.294 e. The highest BCUT2D eigenvalue weighted by atomic mass is 32.1. The molecule has 4 nitrogen and oxygen atoms in total. The van der Waals surface area contributed by atoms with Gasteiger partial charge in [0.05, 0.1) is 17.5 Å². The third-order valence-electron chi connectivity index (χ3n) is 4.16. The van der Waals surface area contributed by atoms with Gasteiger partial charge in [-0.2, -0.15) is 5.26 Å². The molecule has 1 N–H and O–H groups in total. The van der Waals surface area contributed by atoms with Gasteiger partial charge in [0.1, 0.15) is 6.04 Å². The number of nitrogens with zero attached hydrogens (tertiary/aromatic N) is 3. The number of nitriles is 1. The monoisotopic (exact) mass is 288 g/mol. The quantitative estimate of drug-likeness (QED) is 0.940. The second kappa shape index (κ2) is 5.55. The van der Waals surface area contributed by atoms with E-state index >= 15 is 0 Å². The maximum Gasteiger partial charge on any atom is 0.194 e. The zero-order valence-electron chi connectivity index (χ0n) is 12.0. The van der Waals surface area contributed by atoms with Gasteiger partial charge in [0.25, 0.3) is 0 Å². The van der Waals surface area contributed by atoms with Crippen molar-refractivity contribution < 1.29 is 0 Å². The van der Waals surface area contributed by atoms with Crippen LogP contribution in [0.1, 0.15) is 55.2 Å². The van der Waals surface area contributed by atoms with Gasteiger partial charge in [-0.1, -0.05) is 19.3 Å². The van der Waals surface area contributed by atoms with Gasteiger partial charge in [-0.25, -0.2) is 4.98 Å². The van der Waals surface area contributed by atoms with Crippen LogP contribution in [-0.4, -0.2) is 15.4 Å². The van der Waals surface area contributed by atoms with E-state index in [0.717, 1.165) is 22.0 Å². The zero-order valence-corrected chi connectivity index (χ0v) is 12.8. The number of nitrogens with one attached hydrogen (secondary N) is 1. The van der Waals surface area contributed by atoms with Gasteiger partial charge in [0.2, 0.25) is 0 Å². The molecular weight excluding hydrogens is 268 g/mol. The first-order valence-corrected chi connectivity index (χ1v) is 8.17. The lowest BCUT2D eigenvalue weighted by atomic mass is 9.94. The fourth-order valence-electron chi connectivity index (χ4n) is 3.15. The third-order valence-corrected chi connectivity index (χ3v) is 5.11. The molecule has 2 aromatic rings. The molecule has 1 aliphatic carbocycles. The van der Waals surface area contributed by atoms with Crippen LogP contribution in [0.25, 0.3) is 4.96 Å². The van der Waals surface area contributed by atoms with Crippen LogP contribution in [0, 0.1) is 25.2 Å². The molecule has 0 radical (unpaired) electrons. The van der Waals surface area contributed by atoms with Crippen LogP contribution >= 0.6 is 11.3 Å². The van der Waals surface area contributed by atoms with Crippen LogP contribution in [0.15, 0.2) is 5.38 Å². The molecule has 0 aliphatic heterocycles. The smallest absolute Gasteiger partial charge is 0.194 e. The Morgan fingerprint density at radius 3 is 2.85 bits per heavy atom. The molecule has 2 aromatic heterocycles. The van der Waals surface area contributed by atoms with E-state index in [1.54, 1.807) is 11.3 Å². The molecule has 1 saturated carbocycles. The second-order valence-electron chi connectivity index (χ2n) is 5.64. The molecule has 0 bridgehead atoms. The summed E-state index contributed by atoms with van der Waals surface area (Å²) in [5.74, 6) is 0. The highest BCUT2D eigenvalue weighted by Gasteiger charge is 2.24. The minimum atomic E-state index is -0.263. The van der Waals surface area contributed by atoms with Crippen molar-refractivity contribution in [2.75, 3.05) is 0 Å². The van der Waals surface area contributed by atoms with Crippen molar-refractivity contribution in [3.63, 3.8) is 0 Å². The number of aromatic nitrogens is 2. The lowest BCUT2D eigenvalue weighted by Crippen LogP contribution is -2.34. The van der Waals surface area contributed by atoms with E-state index in [-0.39, 0.29) is 6.04 Å². The lowest BCUT2D eigenvalue weighted by molar-refractivity contribution is 0.357. The Hall–Kier alpha value is -1.38. The summed E-state index contributed by atoms with van der Waals surface area (Å²) < 4.78 is 2.13. The van der Waals surface area contributed by atoms with Crippen molar-refractivity contribution in [2.45, 2.75) is 58.0 Å². The summed E-state index contributed by atoms with van der Waals surface area (Å²) in [7, 11) is 0. The minimum Gasteiger partial charge on any atom is -0.294 e. The minimum absolute atomic E-state index is 0.263. The topological polar surface area (TPSA) is 53.1 Å². The van der Waals surface area contributed by atoms with E-state index in [2.05, 4.69) is 33.1 Å². The summed E-state index contributed by atoms with van der Waals surface area (Å²) >= 11 is 1.64. The predicted octanol–water partition coefficient (Wildman–Crippen LogP) is 3.50. The molecule has 1 atom stereocenters. The summed E-state index contributed by atoms with van der Waals surface area (Å²) in [6.45, 7) is 4.07. The molecule has 106 valence electrons. The highest BCUT2D eigenvalue weighted by Crippen LogP contribution is 2.27. The Bertz CT molecular complexity index is 643. The van der Waals surface area contributed by atoms with Crippen LogP contribution in [0.2, 0.25) is 0 Å². The molecule has 2 heterocycles. The number of rotatable bonds is 3. The number of fused-ring (bicyclic) bond motifs is 1. The highest BCUT2D eigenvalue weighted by molar-refractivity contribution is 7.15. The van der Waals surface area contributed by atoms with Crippen LogP contribution in [0.4, 0.5) is 0 Å². The SMILES string of the molecule is Cc1nc2scc(C)n2c1C(C#N)NC1CCCCC1. The first-order chi connectivity index (χ1) is 9.70. The summed E-state index contributed by atoms with van der Waals surface area (Å²) in [4.78, 5) is 5.57. The van der Waals surface area contributed by atoms with E-state index in [0.29, 0.717) is 6.04 Å². The van der Waals surface area contributed by atoms with Crippen LogP contribution in [0.3, 0.4) is 0 Å². The molecule has 1 fully saturated rings. The maximum atomic E-state index is 9.59. The second-order valence-corrected chi connectivity index (χ2v) is 6.48. The number of aryl methyl sites for hydroxylation is 2. The van der Waals surface area contributed by atoms with Crippen molar-refractivity contribution in [1.82, 2.24) is 14.7 Å². The van der Waals surface area contributed by atoms with Gasteiger partial charge in [-0.05, 0) is 26.7 Å². The zero-order chi connectivity index (χ0) is 14.1. The Morgan fingerprint density at radius 1 is 1.40 bits per heavy atom.